The van der Waals surface area contributed by atoms with Crippen LogP contribution >= 0.6 is 0 Å². The number of hydrogen-bond acceptors (Lipinski definition) is 3. The lowest BCUT2D eigenvalue weighted by molar-refractivity contribution is 0.0953. The lowest BCUT2D eigenvalue weighted by Crippen LogP contribution is -2.26. The highest BCUT2D eigenvalue weighted by atomic mass is 19.1. The fourth-order valence-electron chi connectivity index (χ4n) is 1.34. The maximum Gasteiger partial charge on any atom is 0.123 e. The summed E-state index contributed by atoms with van der Waals surface area (Å²) in [5.41, 5.74) is -0.0241. The Hall–Kier alpha value is -1.13. The van der Waals surface area contributed by atoms with Crippen LogP contribution in [0.2, 0.25) is 0 Å². The van der Waals surface area contributed by atoms with Crippen molar-refractivity contribution in [3.63, 3.8) is 0 Å². The molecule has 0 radical (unpaired) electrons. The van der Waals surface area contributed by atoms with E-state index in [-0.39, 0.29) is 18.2 Å². The summed E-state index contributed by atoms with van der Waals surface area (Å²) in [5, 5.41) is 9.53. The Morgan fingerprint density at radius 3 is 2.71 bits per heavy atom. The number of rotatable bonds is 3. The van der Waals surface area contributed by atoms with Crippen LogP contribution in [-0.4, -0.2) is 11.7 Å². The first kappa shape index (κ1) is 10.9. The lowest BCUT2D eigenvalue weighted by Gasteiger charge is -2.24. The van der Waals surface area contributed by atoms with Crippen molar-refractivity contribution in [2.75, 3.05) is 6.61 Å². The molecule has 0 atom stereocenters. The van der Waals surface area contributed by atoms with Crippen LogP contribution in [0.1, 0.15) is 19.4 Å². The number of benzene rings is 1. The van der Waals surface area contributed by atoms with E-state index >= 15 is 0 Å². The van der Waals surface area contributed by atoms with Gasteiger partial charge in [0.1, 0.15) is 11.6 Å². The first-order chi connectivity index (χ1) is 6.47. The van der Waals surface area contributed by atoms with Gasteiger partial charge in [0.25, 0.3) is 0 Å². The molecule has 1 aromatic carbocycles. The van der Waals surface area contributed by atoms with E-state index in [9.17, 15) is 9.50 Å². The lowest BCUT2D eigenvalue weighted by atomic mass is 9.85. The van der Waals surface area contributed by atoms with Crippen LogP contribution in [0.3, 0.4) is 0 Å². The van der Waals surface area contributed by atoms with E-state index in [1.54, 1.807) is 0 Å². The minimum absolute atomic E-state index is 0.0495. The van der Waals surface area contributed by atoms with Gasteiger partial charge in [-0.2, -0.15) is 0 Å². The Bertz CT molecular complexity index is 326. The third kappa shape index (κ3) is 2.21. The first-order valence-electron chi connectivity index (χ1n) is 4.28. The second-order valence-electron chi connectivity index (χ2n) is 3.86. The molecule has 0 amide bonds. The van der Waals surface area contributed by atoms with Crippen molar-refractivity contribution in [2.24, 2.45) is 5.90 Å². The van der Waals surface area contributed by atoms with E-state index in [0.717, 1.165) is 0 Å². The number of phenols is 1. The Labute approximate surface area is 82.3 Å². The molecule has 0 bridgehead atoms. The van der Waals surface area contributed by atoms with Gasteiger partial charge in [0, 0.05) is 11.0 Å². The average Bonchev–Trinajstić information content (AvgIpc) is 2.09. The Morgan fingerprint density at radius 2 is 2.14 bits per heavy atom. The highest BCUT2D eigenvalue weighted by Crippen LogP contribution is 2.31. The fourth-order valence-corrected chi connectivity index (χ4v) is 1.34. The first-order valence-corrected chi connectivity index (χ1v) is 4.28. The topological polar surface area (TPSA) is 55.5 Å². The quantitative estimate of drug-likeness (QED) is 0.728. The molecule has 0 aromatic heterocycles. The van der Waals surface area contributed by atoms with Crippen molar-refractivity contribution >= 4 is 0 Å². The highest BCUT2D eigenvalue weighted by Gasteiger charge is 2.24. The minimum atomic E-state index is -0.513. The highest BCUT2D eigenvalue weighted by molar-refractivity contribution is 5.38. The Kier molecular flexibility index (Phi) is 3.08. The van der Waals surface area contributed by atoms with Gasteiger partial charge in [-0.3, -0.25) is 0 Å². The van der Waals surface area contributed by atoms with E-state index in [2.05, 4.69) is 4.84 Å². The molecule has 0 saturated carbocycles. The zero-order chi connectivity index (χ0) is 10.8. The molecular formula is C10H14FNO2. The van der Waals surface area contributed by atoms with Gasteiger partial charge in [-0.05, 0) is 18.2 Å². The predicted molar refractivity (Wildman–Crippen MR) is 51.2 cm³/mol. The van der Waals surface area contributed by atoms with Gasteiger partial charge in [-0.15, -0.1) is 0 Å². The van der Waals surface area contributed by atoms with Crippen molar-refractivity contribution in [2.45, 2.75) is 19.3 Å². The summed E-state index contributed by atoms with van der Waals surface area (Å²) in [4.78, 5) is 4.52. The van der Waals surface area contributed by atoms with Crippen LogP contribution < -0.4 is 5.90 Å². The molecule has 4 heteroatoms. The van der Waals surface area contributed by atoms with E-state index < -0.39 is 5.41 Å². The normalized spacial score (nSPS) is 11.7. The van der Waals surface area contributed by atoms with Gasteiger partial charge in [-0.1, -0.05) is 13.8 Å². The predicted octanol–water partition coefficient (Wildman–Crippen LogP) is 1.70. The molecule has 0 aliphatic rings. The third-order valence-electron chi connectivity index (χ3n) is 2.13. The van der Waals surface area contributed by atoms with E-state index in [1.165, 1.54) is 18.2 Å². The molecule has 0 fully saturated rings. The van der Waals surface area contributed by atoms with Gasteiger partial charge in [-0.25, -0.2) is 10.3 Å². The molecule has 0 spiro atoms. The molecule has 0 heterocycles. The summed E-state index contributed by atoms with van der Waals surface area (Å²) in [5.74, 6) is 4.63. The molecule has 0 saturated heterocycles. The van der Waals surface area contributed by atoms with Crippen LogP contribution in [0.5, 0.6) is 5.75 Å². The molecule has 1 aromatic rings. The standard InChI is InChI=1S/C10H14FNO2/c1-10(2,6-14-12)8-5-7(11)3-4-9(8)13/h3-5,13H,6,12H2,1-2H3. The summed E-state index contributed by atoms with van der Waals surface area (Å²) in [6.45, 7) is 3.84. The zero-order valence-corrected chi connectivity index (χ0v) is 8.25. The zero-order valence-electron chi connectivity index (χ0n) is 8.25. The average molecular weight is 199 g/mol. The summed E-state index contributed by atoms with van der Waals surface area (Å²) >= 11 is 0. The van der Waals surface area contributed by atoms with Crippen molar-refractivity contribution in [3.05, 3.63) is 29.6 Å². The summed E-state index contributed by atoms with van der Waals surface area (Å²) in [6.07, 6.45) is 0. The van der Waals surface area contributed by atoms with Crippen molar-refractivity contribution in [3.8, 4) is 5.75 Å². The van der Waals surface area contributed by atoms with Crippen LogP contribution in [0.25, 0.3) is 0 Å². The van der Waals surface area contributed by atoms with Crippen molar-refractivity contribution in [1.82, 2.24) is 0 Å². The fraction of sp³-hybridized carbons (Fsp3) is 0.400. The molecule has 3 nitrogen and oxygen atoms in total. The largest absolute Gasteiger partial charge is 0.508 e. The number of halogens is 1. The second kappa shape index (κ2) is 3.94. The van der Waals surface area contributed by atoms with E-state index in [0.29, 0.717) is 5.56 Å². The second-order valence-corrected chi connectivity index (χ2v) is 3.86. The third-order valence-corrected chi connectivity index (χ3v) is 2.13. The van der Waals surface area contributed by atoms with Crippen LogP contribution in [0.15, 0.2) is 18.2 Å². The monoisotopic (exact) mass is 199 g/mol. The molecule has 78 valence electrons. The summed E-state index contributed by atoms with van der Waals surface area (Å²) in [7, 11) is 0. The minimum Gasteiger partial charge on any atom is -0.508 e. The summed E-state index contributed by atoms with van der Waals surface area (Å²) in [6, 6.07) is 3.81. The van der Waals surface area contributed by atoms with Crippen molar-refractivity contribution in [1.29, 1.82) is 0 Å². The number of phenolic OH excluding ortho intramolecular Hbond substituents is 1. The maximum absolute atomic E-state index is 12.9. The van der Waals surface area contributed by atoms with Gasteiger partial charge in [0.2, 0.25) is 0 Å². The van der Waals surface area contributed by atoms with E-state index in [4.69, 9.17) is 5.90 Å². The van der Waals surface area contributed by atoms with E-state index in [1.807, 2.05) is 13.8 Å². The Morgan fingerprint density at radius 1 is 1.50 bits per heavy atom. The Balaban J connectivity index is 3.10. The van der Waals surface area contributed by atoms with Crippen LogP contribution in [0.4, 0.5) is 4.39 Å². The van der Waals surface area contributed by atoms with Crippen molar-refractivity contribution < 1.29 is 14.3 Å². The molecule has 0 aliphatic carbocycles. The van der Waals surface area contributed by atoms with Gasteiger partial charge >= 0.3 is 0 Å². The van der Waals surface area contributed by atoms with Gasteiger partial charge in [0.05, 0.1) is 6.61 Å². The van der Waals surface area contributed by atoms with Gasteiger partial charge in [0.15, 0.2) is 0 Å². The van der Waals surface area contributed by atoms with Crippen LogP contribution in [-0.2, 0) is 10.3 Å². The molecule has 1 rings (SSSR count). The molecular weight excluding hydrogens is 185 g/mol. The number of hydrogen-bond donors (Lipinski definition) is 2. The van der Waals surface area contributed by atoms with Gasteiger partial charge < -0.3 is 9.94 Å². The smallest absolute Gasteiger partial charge is 0.123 e. The SMILES string of the molecule is CC(C)(CON)c1cc(F)ccc1O. The van der Waals surface area contributed by atoms with Crippen LogP contribution in [0, 0.1) is 5.82 Å². The number of nitrogens with two attached hydrogens (primary N) is 1. The summed E-state index contributed by atoms with van der Waals surface area (Å²) < 4.78 is 12.9. The molecule has 0 unspecified atom stereocenters. The maximum atomic E-state index is 12.9. The molecule has 0 aliphatic heterocycles. The molecule has 14 heavy (non-hydrogen) atoms. The molecule has 3 N–H and O–H groups in total. The number of aromatic hydroxyl groups is 1.